The third kappa shape index (κ3) is 7.31. The van der Waals surface area contributed by atoms with Gasteiger partial charge < -0.3 is 10.2 Å². The first-order valence-electron chi connectivity index (χ1n) is 7.16. The predicted molar refractivity (Wildman–Crippen MR) is 75.5 cm³/mol. The van der Waals surface area contributed by atoms with Crippen molar-refractivity contribution in [3.8, 4) is 0 Å². The summed E-state index contributed by atoms with van der Waals surface area (Å²) >= 11 is 0. The number of carbonyl (C=O) groups excluding carboxylic acids is 3. The van der Waals surface area contributed by atoms with E-state index in [-0.39, 0.29) is 18.4 Å². The molecule has 132 valence electrons. The Morgan fingerprint density at radius 1 is 1.17 bits per heavy atom. The van der Waals surface area contributed by atoms with Gasteiger partial charge in [0, 0.05) is 20.0 Å². The second-order valence-corrected chi connectivity index (χ2v) is 5.63. The Morgan fingerprint density at radius 3 is 2.22 bits per heavy atom. The van der Waals surface area contributed by atoms with Crippen molar-refractivity contribution < 1.29 is 27.6 Å². The molecule has 0 aliphatic carbocycles. The van der Waals surface area contributed by atoms with Crippen molar-refractivity contribution in [2.45, 2.75) is 19.0 Å². The molecular weight excluding hydrogens is 317 g/mol. The van der Waals surface area contributed by atoms with Crippen LogP contribution in [0.2, 0.25) is 0 Å². The summed E-state index contributed by atoms with van der Waals surface area (Å²) in [6.07, 6.45) is -3.32. The number of likely N-dealkylation sites (tertiary alicyclic amines) is 1. The molecule has 1 saturated heterocycles. The summed E-state index contributed by atoms with van der Waals surface area (Å²) in [5.74, 6) is -0.720. The van der Waals surface area contributed by atoms with Gasteiger partial charge in [-0.2, -0.15) is 13.2 Å². The number of alkyl halides is 3. The van der Waals surface area contributed by atoms with Gasteiger partial charge in [-0.25, -0.2) is 4.79 Å². The zero-order chi connectivity index (χ0) is 17.6. The van der Waals surface area contributed by atoms with Crippen LogP contribution in [-0.2, 0) is 9.59 Å². The lowest BCUT2D eigenvalue weighted by Gasteiger charge is -2.31. The van der Waals surface area contributed by atoms with Crippen molar-refractivity contribution in [3.63, 3.8) is 0 Å². The Bertz CT molecular complexity index is 446. The van der Waals surface area contributed by atoms with Crippen molar-refractivity contribution in [2.75, 3.05) is 40.3 Å². The molecule has 0 atom stereocenters. The normalized spacial score (nSPS) is 16.7. The van der Waals surface area contributed by atoms with Gasteiger partial charge in [0.2, 0.25) is 11.8 Å². The van der Waals surface area contributed by atoms with Crippen LogP contribution in [0.25, 0.3) is 0 Å². The number of hydrogen-bond donors (Lipinski definition) is 2. The van der Waals surface area contributed by atoms with E-state index in [2.05, 4.69) is 0 Å². The molecule has 0 bridgehead atoms. The highest BCUT2D eigenvalue weighted by atomic mass is 19.4. The molecule has 7 nitrogen and oxygen atoms in total. The first-order valence-corrected chi connectivity index (χ1v) is 7.16. The monoisotopic (exact) mass is 338 g/mol. The molecule has 0 aromatic rings. The smallest absolute Gasteiger partial charge is 0.349 e. The zero-order valence-corrected chi connectivity index (χ0v) is 13.1. The number of hydrogen-bond acceptors (Lipinski definition) is 4. The quantitative estimate of drug-likeness (QED) is 0.766. The van der Waals surface area contributed by atoms with E-state index >= 15 is 0 Å². The van der Waals surface area contributed by atoms with Crippen LogP contribution >= 0.6 is 0 Å². The Hall–Kier alpha value is -1.84. The summed E-state index contributed by atoms with van der Waals surface area (Å²) in [6.45, 7) is -0.559. The molecule has 0 saturated carbocycles. The van der Waals surface area contributed by atoms with E-state index in [0.717, 1.165) is 0 Å². The third-order valence-electron chi connectivity index (χ3n) is 3.45. The van der Waals surface area contributed by atoms with Gasteiger partial charge >= 0.3 is 12.2 Å². The van der Waals surface area contributed by atoms with Crippen molar-refractivity contribution in [1.82, 2.24) is 20.4 Å². The molecule has 1 fully saturated rings. The first kappa shape index (κ1) is 19.2. The average Bonchev–Trinajstić information content (AvgIpc) is 2.44. The summed E-state index contributed by atoms with van der Waals surface area (Å²) < 4.78 is 35.8. The Morgan fingerprint density at radius 2 is 1.74 bits per heavy atom. The number of nitrogens with zero attached hydrogens (tertiary/aromatic N) is 2. The van der Waals surface area contributed by atoms with Gasteiger partial charge in [-0.05, 0) is 25.9 Å². The molecule has 1 rings (SSSR count). The molecule has 1 heterocycles. The molecule has 0 spiro atoms. The highest BCUT2D eigenvalue weighted by Crippen LogP contribution is 2.18. The molecule has 0 aromatic heterocycles. The van der Waals surface area contributed by atoms with Crippen LogP contribution in [0, 0.1) is 5.92 Å². The minimum absolute atomic E-state index is 0.0422. The van der Waals surface area contributed by atoms with Crippen LogP contribution in [0.5, 0.6) is 0 Å². The lowest BCUT2D eigenvalue weighted by atomic mass is 9.95. The summed E-state index contributed by atoms with van der Waals surface area (Å²) in [6, 6.07) is -1.18. The van der Waals surface area contributed by atoms with E-state index in [4.69, 9.17) is 0 Å². The largest absolute Gasteiger partial charge is 0.405 e. The molecule has 0 unspecified atom stereocenters. The van der Waals surface area contributed by atoms with Gasteiger partial charge in [-0.1, -0.05) is 0 Å². The van der Waals surface area contributed by atoms with Gasteiger partial charge in [0.15, 0.2) is 0 Å². The van der Waals surface area contributed by atoms with E-state index in [0.29, 0.717) is 25.9 Å². The van der Waals surface area contributed by atoms with E-state index in [1.165, 1.54) is 4.90 Å². The van der Waals surface area contributed by atoms with Gasteiger partial charge in [0.25, 0.3) is 0 Å². The summed E-state index contributed by atoms with van der Waals surface area (Å²) in [7, 11) is 3.36. The van der Waals surface area contributed by atoms with Crippen molar-refractivity contribution in [3.05, 3.63) is 0 Å². The second kappa shape index (κ2) is 8.14. The van der Waals surface area contributed by atoms with Crippen LogP contribution in [0.3, 0.4) is 0 Å². The molecule has 10 heteroatoms. The standard InChI is InChI=1S/C13H21F3N4O3/c1-19(2)11(22)9-3-5-20(6-4-9)7-10(21)18-12(23)17-8-13(14,15)16/h9H,3-8H2,1-2H3,(H2,17,18,21,23). The topological polar surface area (TPSA) is 81.8 Å². The van der Waals surface area contributed by atoms with Crippen LogP contribution in [0.4, 0.5) is 18.0 Å². The highest BCUT2D eigenvalue weighted by Gasteiger charge is 2.29. The molecule has 2 N–H and O–H groups in total. The average molecular weight is 338 g/mol. The Balaban J connectivity index is 2.29. The van der Waals surface area contributed by atoms with E-state index in [9.17, 15) is 27.6 Å². The molecule has 1 aliphatic rings. The summed E-state index contributed by atoms with van der Waals surface area (Å²) in [4.78, 5) is 37.8. The first-order chi connectivity index (χ1) is 10.6. The van der Waals surface area contributed by atoms with E-state index in [1.54, 1.807) is 24.3 Å². The lowest BCUT2D eigenvalue weighted by molar-refractivity contribution is -0.134. The van der Waals surface area contributed by atoms with Crippen molar-refractivity contribution in [1.29, 1.82) is 0 Å². The minimum atomic E-state index is -4.53. The maximum absolute atomic E-state index is 11.9. The number of halogens is 3. The molecular formula is C13H21F3N4O3. The maximum atomic E-state index is 11.9. The van der Waals surface area contributed by atoms with Crippen molar-refractivity contribution in [2.24, 2.45) is 5.92 Å². The van der Waals surface area contributed by atoms with Gasteiger partial charge in [0.1, 0.15) is 6.54 Å². The lowest BCUT2D eigenvalue weighted by Crippen LogP contribution is -2.48. The highest BCUT2D eigenvalue weighted by molar-refractivity contribution is 5.95. The maximum Gasteiger partial charge on any atom is 0.405 e. The second-order valence-electron chi connectivity index (χ2n) is 5.63. The number of rotatable bonds is 4. The number of nitrogens with one attached hydrogen (secondary N) is 2. The molecule has 0 radical (unpaired) electrons. The number of urea groups is 1. The van der Waals surface area contributed by atoms with Gasteiger partial charge in [-0.15, -0.1) is 0 Å². The van der Waals surface area contributed by atoms with Crippen molar-refractivity contribution >= 4 is 17.8 Å². The Kier molecular flexibility index (Phi) is 6.79. The molecule has 23 heavy (non-hydrogen) atoms. The van der Waals surface area contributed by atoms with Crippen LogP contribution in [0.1, 0.15) is 12.8 Å². The van der Waals surface area contributed by atoms with Crippen LogP contribution in [0.15, 0.2) is 0 Å². The SMILES string of the molecule is CN(C)C(=O)C1CCN(CC(=O)NC(=O)NCC(F)(F)F)CC1. The third-order valence-corrected chi connectivity index (χ3v) is 3.45. The predicted octanol–water partition coefficient (Wildman–Crippen LogP) is 0.175. The molecule has 4 amide bonds. The van der Waals surface area contributed by atoms with Crippen LogP contribution < -0.4 is 10.6 Å². The van der Waals surface area contributed by atoms with E-state index in [1.807, 2.05) is 5.32 Å². The van der Waals surface area contributed by atoms with E-state index < -0.39 is 24.7 Å². The number of amides is 4. The van der Waals surface area contributed by atoms with Crippen LogP contribution in [-0.4, -0.2) is 74.1 Å². The van der Waals surface area contributed by atoms with Gasteiger partial charge in [0.05, 0.1) is 6.54 Å². The minimum Gasteiger partial charge on any atom is -0.349 e. The fourth-order valence-corrected chi connectivity index (χ4v) is 2.30. The fourth-order valence-electron chi connectivity index (χ4n) is 2.30. The summed E-state index contributed by atoms with van der Waals surface area (Å²) in [5, 5.41) is 3.41. The number of carbonyl (C=O) groups is 3. The molecule has 1 aliphatic heterocycles. The number of imide groups is 1. The number of piperidine rings is 1. The molecule has 0 aromatic carbocycles. The zero-order valence-electron chi connectivity index (χ0n) is 13.1. The van der Waals surface area contributed by atoms with Gasteiger partial charge in [-0.3, -0.25) is 19.8 Å². The fraction of sp³-hybridized carbons (Fsp3) is 0.769. The summed E-state index contributed by atoms with van der Waals surface area (Å²) in [5.41, 5.74) is 0. The Labute approximate surface area is 132 Å².